The molecule has 0 spiro atoms. The topological polar surface area (TPSA) is 81.7 Å². The lowest BCUT2D eigenvalue weighted by Crippen LogP contribution is -2.22. The number of carbonyl (C=O) groups is 3. The Morgan fingerprint density at radius 3 is 2.26 bits per heavy atom. The van der Waals surface area contributed by atoms with Crippen molar-refractivity contribution in [2.75, 3.05) is 18.5 Å². The minimum atomic E-state index is -0.533. The Balaban J connectivity index is 2.08. The van der Waals surface area contributed by atoms with Crippen LogP contribution < -0.4 is 5.32 Å². The monoisotopic (exact) mass is 409 g/mol. The highest BCUT2D eigenvalue weighted by Crippen LogP contribution is 2.34. The van der Waals surface area contributed by atoms with Crippen molar-refractivity contribution in [2.45, 2.75) is 41.0 Å². The Kier molecular flexibility index (Phi) is 7.15. The van der Waals surface area contributed by atoms with Crippen molar-refractivity contribution < 1.29 is 23.9 Å². The zero-order chi connectivity index (χ0) is 20.1. The number of amides is 1. The fraction of sp³-hybridized carbons (Fsp3) is 0.421. The molecule has 1 N–H and O–H groups in total. The number of ether oxygens (including phenoxy) is 2. The summed E-state index contributed by atoms with van der Waals surface area (Å²) in [5.74, 6) is -1.49. The van der Waals surface area contributed by atoms with Gasteiger partial charge in [-0.05, 0) is 45.7 Å². The van der Waals surface area contributed by atoms with Crippen LogP contribution in [0.15, 0.2) is 6.07 Å². The summed E-state index contributed by atoms with van der Waals surface area (Å²) in [5.41, 5.74) is 1.71. The van der Waals surface area contributed by atoms with Gasteiger partial charge in [0.1, 0.15) is 5.00 Å². The number of esters is 2. The van der Waals surface area contributed by atoms with Crippen molar-refractivity contribution >= 4 is 45.5 Å². The maximum atomic E-state index is 12.3. The molecule has 0 aromatic carbocycles. The SMILES string of the molecule is CCOC(=O)c1c(NC(=O)COC(=O)c2cc(C)sc2C)sc(C)c1CC. The quantitative estimate of drug-likeness (QED) is 0.691. The summed E-state index contributed by atoms with van der Waals surface area (Å²) in [6.07, 6.45) is 0.651. The Bertz CT molecular complexity index is 866. The van der Waals surface area contributed by atoms with Crippen LogP contribution in [0, 0.1) is 20.8 Å². The lowest BCUT2D eigenvalue weighted by molar-refractivity contribution is -0.119. The molecule has 0 saturated carbocycles. The van der Waals surface area contributed by atoms with Gasteiger partial charge in [-0.2, -0.15) is 0 Å². The Hall–Kier alpha value is -2.19. The molecule has 146 valence electrons. The molecular weight excluding hydrogens is 386 g/mol. The first kappa shape index (κ1) is 21.1. The number of nitrogens with one attached hydrogen (secondary N) is 1. The average molecular weight is 410 g/mol. The molecule has 1 amide bonds. The number of hydrogen-bond donors (Lipinski definition) is 1. The predicted octanol–water partition coefficient (Wildman–Crippen LogP) is 4.27. The molecule has 6 nitrogen and oxygen atoms in total. The van der Waals surface area contributed by atoms with Gasteiger partial charge < -0.3 is 14.8 Å². The van der Waals surface area contributed by atoms with E-state index in [4.69, 9.17) is 9.47 Å². The summed E-state index contributed by atoms with van der Waals surface area (Å²) in [5, 5.41) is 3.10. The minimum Gasteiger partial charge on any atom is -0.462 e. The van der Waals surface area contributed by atoms with Crippen LogP contribution in [0.3, 0.4) is 0 Å². The van der Waals surface area contributed by atoms with Crippen molar-refractivity contribution in [3.8, 4) is 0 Å². The van der Waals surface area contributed by atoms with E-state index in [1.807, 2.05) is 27.7 Å². The number of aryl methyl sites for hydroxylation is 3. The van der Waals surface area contributed by atoms with Gasteiger partial charge in [0, 0.05) is 14.6 Å². The van der Waals surface area contributed by atoms with Crippen molar-refractivity contribution in [3.05, 3.63) is 37.4 Å². The van der Waals surface area contributed by atoms with E-state index in [0.717, 1.165) is 20.2 Å². The van der Waals surface area contributed by atoms with Crippen LogP contribution >= 0.6 is 22.7 Å². The summed E-state index contributed by atoms with van der Waals surface area (Å²) in [7, 11) is 0. The van der Waals surface area contributed by atoms with Crippen LogP contribution in [0.4, 0.5) is 5.00 Å². The molecule has 0 aliphatic rings. The fourth-order valence-corrected chi connectivity index (χ4v) is 4.78. The molecule has 0 saturated heterocycles. The molecular formula is C19H23NO5S2. The molecule has 0 atom stereocenters. The number of carbonyl (C=O) groups excluding carboxylic acids is 3. The third-order valence-electron chi connectivity index (χ3n) is 3.89. The number of rotatable bonds is 7. The molecule has 0 aliphatic heterocycles. The van der Waals surface area contributed by atoms with Crippen LogP contribution in [0.2, 0.25) is 0 Å². The van der Waals surface area contributed by atoms with Crippen LogP contribution in [0.25, 0.3) is 0 Å². The first-order chi connectivity index (χ1) is 12.8. The van der Waals surface area contributed by atoms with Gasteiger partial charge in [0.05, 0.1) is 17.7 Å². The van der Waals surface area contributed by atoms with E-state index in [9.17, 15) is 14.4 Å². The molecule has 0 radical (unpaired) electrons. The zero-order valence-electron chi connectivity index (χ0n) is 16.1. The van der Waals surface area contributed by atoms with Crippen LogP contribution in [0.5, 0.6) is 0 Å². The third-order valence-corrected chi connectivity index (χ3v) is 5.92. The number of anilines is 1. The van der Waals surface area contributed by atoms with Gasteiger partial charge in [-0.3, -0.25) is 4.79 Å². The molecule has 2 aromatic rings. The maximum Gasteiger partial charge on any atom is 0.341 e. The summed E-state index contributed by atoms with van der Waals surface area (Å²) in [4.78, 5) is 39.5. The van der Waals surface area contributed by atoms with Gasteiger partial charge in [0.25, 0.3) is 5.91 Å². The van der Waals surface area contributed by atoms with Crippen molar-refractivity contribution in [3.63, 3.8) is 0 Å². The molecule has 0 bridgehead atoms. The van der Waals surface area contributed by atoms with Gasteiger partial charge in [-0.15, -0.1) is 22.7 Å². The van der Waals surface area contributed by atoms with Crippen molar-refractivity contribution in [2.24, 2.45) is 0 Å². The minimum absolute atomic E-state index is 0.251. The lowest BCUT2D eigenvalue weighted by Gasteiger charge is -2.08. The molecule has 8 heteroatoms. The predicted molar refractivity (Wildman–Crippen MR) is 107 cm³/mol. The summed E-state index contributed by atoms with van der Waals surface area (Å²) >= 11 is 2.81. The highest BCUT2D eigenvalue weighted by Gasteiger charge is 2.24. The van der Waals surface area contributed by atoms with E-state index in [-0.39, 0.29) is 6.61 Å². The Morgan fingerprint density at radius 2 is 1.70 bits per heavy atom. The average Bonchev–Trinajstić information content (AvgIpc) is 3.10. The zero-order valence-corrected chi connectivity index (χ0v) is 17.7. The molecule has 27 heavy (non-hydrogen) atoms. The summed E-state index contributed by atoms with van der Waals surface area (Å²) in [6, 6.07) is 1.75. The fourth-order valence-electron chi connectivity index (χ4n) is 2.72. The van der Waals surface area contributed by atoms with Crippen molar-refractivity contribution in [1.82, 2.24) is 0 Å². The van der Waals surface area contributed by atoms with Crippen molar-refractivity contribution in [1.29, 1.82) is 0 Å². The summed E-state index contributed by atoms with van der Waals surface area (Å²) < 4.78 is 10.2. The van der Waals surface area contributed by atoms with E-state index < -0.39 is 24.5 Å². The largest absolute Gasteiger partial charge is 0.462 e. The highest BCUT2D eigenvalue weighted by atomic mass is 32.1. The first-order valence-electron chi connectivity index (χ1n) is 8.61. The van der Waals surface area contributed by atoms with E-state index in [1.54, 1.807) is 13.0 Å². The van der Waals surface area contributed by atoms with E-state index in [0.29, 0.717) is 22.5 Å². The second-order valence-electron chi connectivity index (χ2n) is 5.87. The molecule has 0 fully saturated rings. The molecule has 0 unspecified atom stereocenters. The van der Waals surface area contributed by atoms with E-state index in [1.165, 1.54) is 22.7 Å². The second kappa shape index (κ2) is 9.14. The van der Waals surface area contributed by atoms with E-state index in [2.05, 4.69) is 5.32 Å². The van der Waals surface area contributed by atoms with Gasteiger partial charge in [-0.1, -0.05) is 6.92 Å². The smallest absolute Gasteiger partial charge is 0.341 e. The normalized spacial score (nSPS) is 10.6. The van der Waals surface area contributed by atoms with Gasteiger partial charge >= 0.3 is 11.9 Å². The highest BCUT2D eigenvalue weighted by molar-refractivity contribution is 7.16. The van der Waals surface area contributed by atoms with Gasteiger partial charge in [-0.25, -0.2) is 9.59 Å². The Morgan fingerprint density at radius 1 is 1.00 bits per heavy atom. The second-order valence-corrected chi connectivity index (χ2v) is 8.55. The molecule has 2 aromatic heterocycles. The molecule has 2 rings (SSSR count). The molecule has 2 heterocycles. The first-order valence-corrected chi connectivity index (χ1v) is 10.2. The van der Waals surface area contributed by atoms with Crippen LogP contribution in [-0.2, 0) is 20.7 Å². The summed E-state index contributed by atoms with van der Waals surface area (Å²) in [6.45, 7) is 9.13. The third kappa shape index (κ3) is 4.95. The van der Waals surface area contributed by atoms with Crippen LogP contribution in [0.1, 0.15) is 54.8 Å². The number of thiophene rings is 2. The lowest BCUT2D eigenvalue weighted by atomic mass is 10.1. The van der Waals surface area contributed by atoms with E-state index >= 15 is 0 Å². The Labute approximate surface area is 166 Å². The standard InChI is InChI=1S/C19H23NO5S2/c1-6-13-11(4)27-17(16(13)19(23)24-7-2)20-15(21)9-25-18(22)14-8-10(3)26-12(14)5/h8H,6-7,9H2,1-5H3,(H,20,21). The molecule has 0 aliphatic carbocycles. The van der Waals surface area contributed by atoms with Gasteiger partial charge in [0.15, 0.2) is 6.61 Å². The van der Waals surface area contributed by atoms with Crippen LogP contribution in [-0.4, -0.2) is 31.1 Å². The van der Waals surface area contributed by atoms with Gasteiger partial charge in [0.2, 0.25) is 0 Å². The maximum absolute atomic E-state index is 12.3. The number of hydrogen-bond acceptors (Lipinski definition) is 7.